The van der Waals surface area contributed by atoms with Crippen LogP contribution in [0.1, 0.15) is 18.4 Å². The second-order valence-electron chi connectivity index (χ2n) is 6.56. The first kappa shape index (κ1) is 21.2. The molecule has 1 N–H and O–H groups in total. The second-order valence-corrected chi connectivity index (χ2v) is 9.99. The smallest absolute Gasteiger partial charge is 0.243 e. The maximum absolute atomic E-state index is 12.9. The van der Waals surface area contributed by atoms with Gasteiger partial charge in [-0.05, 0) is 42.7 Å². The van der Waals surface area contributed by atoms with E-state index in [4.69, 9.17) is 11.6 Å². The molecule has 1 saturated heterocycles. The third-order valence-electron chi connectivity index (χ3n) is 4.58. The predicted molar refractivity (Wildman–Crippen MR) is 114 cm³/mol. The van der Waals surface area contributed by atoms with Gasteiger partial charge >= 0.3 is 0 Å². The molecule has 0 spiro atoms. The van der Waals surface area contributed by atoms with Gasteiger partial charge in [0.1, 0.15) is 6.04 Å². The Morgan fingerprint density at radius 1 is 1.14 bits per heavy atom. The van der Waals surface area contributed by atoms with E-state index in [1.165, 1.54) is 22.0 Å². The lowest BCUT2D eigenvalue weighted by Crippen LogP contribution is -2.46. The molecule has 1 amide bonds. The molecule has 0 aromatic heterocycles. The van der Waals surface area contributed by atoms with Crippen LogP contribution >= 0.6 is 23.4 Å². The fourth-order valence-corrected chi connectivity index (χ4v) is 5.76. The van der Waals surface area contributed by atoms with E-state index in [0.717, 1.165) is 11.5 Å². The van der Waals surface area contributed by atoms with Gasteiger partial charge in [-0.25, -0.2) is 8.42 Å². The predicted octanol–water partition coefficient (Wildman–Crippen LogP) is 3.54. The molecule has 28 heavy (non-hydrogen) atoms. The number of amides is 1. The molecule has 0 bridgehead atoms. The highest BCUT2D eigenvalue weighted by Gasteiger charge is 2.39. The molecule has 8 heteroatoms. The van der Waals surface area contributed by atoms with Crippen LogP contribution in [0.25, 0.3) is 0 Å². The molecule has 1 unspecified atom stereocenters. The number of carbonyl (C=O) groups is 1. The van der Waals surface area contributed by atoms with E-state index >= 15 is 0 Å². The Bertz CT molecular complexity index is 889. The minimum absolute atomic E-state index is 0.162. The van der Waals surface area contributed by atoms with Crippen LogP contribution in [0.3, 0.4) is 0 Å². The topological polar surface area (TPSA) is 66.5 Å². The maximum atomic E-state index is 12.9. The zero-order valence-electron chi connectivity index (χ0n) is 15.4. The van der Waals surface area contributed by atoms with E-state index in [-0.39, 0.29) is 10.8 Å². The van der Waals surface area contributed by atoms with Gasteiger partial charge in [0.15, 0.2) is 0 Å². The average molecular weight is 439 g/mol. The summed E-state index contributed by atoms with van der Waals surface area (Å²) in [4.78, 5) is 12.7. The Morgan fingerprint density at radius 3 is 2.57 bits per heavy atom. The van der Waals surface area contributed by atoms with Crippen LogP contribution in [0.5, 0.6) is 0 Å². The summed E-state index contributed by atoms with van der Waals surface area (Å²) in [6, 6.07) is 15.5. The van der Waals surface area contributed by atoms with Crippen LogP contribution in [-0.2, 0) is 20.6 Å². The molecule has 0 aliphatic carbocycles. The highest BCUT2D eigenvalue weighted by atomic mass is 35.5. The highest BCUT2D eigenvalue weighted by Crippen LogP contribution is 2.27. The van der Waals surface area contributed by atoms with E-state index in [2.05, 4.69) is 17.4 Å². The first-order valence-electron chi connectivity index (χ1n) is 9.15. The van der Waals surface area contributed by atoms with Crippen molar-refractivity contribution in [1.29, 1.82) is 0 Å². The number of thioether (sulfide) groups is 1. The van der Waals surface area contributed by atoms with Crippen molar-refractivity contribution in [1.82, 2.24) is 9.62 Å². The molecule has 1 heterocycles. The minimum Gasteiger partial charge on any atom is -0.354 e. The molecular formula is C20H23ClN2O3S2. The Hall–Kier alpha value is -1.54. The van der Waals surface area contributed by atoms with E-state index in [0.29, 0.717) is 31.0 Å². The Balaban J connectivity index is 1.52. The molecule has 1 aliphatic heterocycles. The summed E-state index contributed by atoms with van der Waals surface area (Å²) in [6.45, 7) is 0.869. The summed E-state index contributed by atoms with van der Waals surface area (Å²) in [6.07, 6.45) is 1.21. The molecule has 1 atom stereocenters. The van der Waals surface area contributed by atoms with Crippen LogP contribution in [0.15, 0.2) is 59.5 Å². The maximum Gasteiger partial charge on any atom is 0.243 e. The summed E-state index contributed by atoms with van der Waals surface area (Å²) in [5.74, 6) is 1.43. The van der Waals surface area contributed by atoms with Crippen molar-refractivity contribution in [3.05, 3.63) is 65.2 Å². The van der Waals surface area contributed by atoms with Crippen molar-refractivity contribution >= 4 is 39.3 Å². The Kier molecular flexibility index (Phi) is 7.40. The molecule has 150 valence electrons. The lowest BCUT2D eigenvalue weighted by atomic mass is 10.2. The van der Waals surface area contributed by atoms with Crippen LogP contribution in [-0.4, -0.2) is 43.5 Å². The molecule has 0 saturated carbocycles. The fraction of sp³-hybridized carbons (Fsp3) is 0.350. The monoisotopic (exact) mass is 438 g/mol. The quantitative estimate of drug-likeness (QED) is 0.640. The summed E-state index contributed by atoms with van der Waals surface area (Å²) < 4.78 is 27.1. The van der Waals surface area contributed by atoms with Gasteiger partial charge in [-0.1, -0.05) is 41.9 Å². The van der Waals surface area contributed by atoms with Crippen LogP contribution in [0.2, 0.25) is 5.02 Å². The van der Waals surface area contributed by atoms with E-state index in [1.807, 2.05) is 18.2 Å². The second kappa shape index (κ2) is 9.78. The number of rotatable bonds is 8. The fourth-order valence-electron chi connectivity index (χ4n) is 3.16. The number of hydrogen-bond donors (Lipinski definition) is 1. The molecule has 1 fully saturated rings. The van der Waals surface area contributed by atoms with Crippen LogP contribution in [0, 0.1) is 0 Å². The first-order chi connectivity index (χ1) is 13.5. The molecule has 3 rings (SSSR count). The molecule has 0 radical (unpaired) electrons. The summed E-state index contributed by atoms with van der Waals surface area (Å²) in [5, 5.41) is 3.36. The lowest BCUT2D eigenvalue weighted by Gasteiger charge is -2.23. The van der Waals surface area contributed by atoms with Crippen molar-refractivity contribution in [3.8, 4) is 0 Å². The third-order valence-corrected chi connectivity index (χ3v) is 7.79. The van der Waals surface area contributed by atoms with Crippen LogP contribution < -0.4 is 5.32 Å². The number of benzene rings is 2. The van der Waals surface area contributed by atoms with E-state index in [9.17, 15) is 13.2 Å². The third kappa shape index (κ3) is 5.29. The Morgan fingerprint density at radius 2 is 1.86 bits per heavy atom. The molecule has 5 nitrogen and oxygen atoms in total. The number of nitrogens with one attached hydrogen (secondary N) is 1. The van der Waals surface area contributed by atoms with Gasteiger partial charge in [0.2, 0.25) is 15.9 Å². The molecule has 2 aromatic carbocycles. The number of carbonyl (C=O) groups excluding carboxylic acids is 1. The highest BCUT2D eigenvalue weighted by molar-refractivity contribution is 7.98. The van der Waals surface area contributed by atoms with E-state index < -0.39 is 16.1 Å². The number of halogens is 1. The normalized spacial score (nSPS) is 17.5. The molecule has 2 aromatic rings. The minimum atomic E-state index is -3.71. The van der Waals surface area contributed by atoms with Gasteiger partial charge in [0, 0.05) is 29.6 Å². The summed E-state index contributed by atoms with van der Waals surface area (Å²) >= 11 is 7.58. The van der Waals surface area contributed by atoms with Gasteiger partial charge in [0.25, 0.3) is 0 Å². The van der Waals surface area contributed by atoms with Gasteiger partial charge in [0.05, 0.1) is 4.90 Å². The number of sulfonamides is 1. The van der Waals surface area contributed by atoms with Crippen molar-refractivity contribution in [2.75, 3.05) is 18.8 Å². The van der Waals surface area contributed by atoms with E-state index in [1.54, 1.807) is 23.9 Å². The van der Waals surface area contributed by atoms with Crippen molar-refractivity contribution in [2.24, 2.45) is 0 Å². The average Bonchev–Trinajstić information content (AvgIpc) is 3.20. The summed E-state index contributed by atoms with van der Waals surface area (Å²) in [7, 11) is -3.71. The zero-order valence-corrected chi connectivity index (χ0v) is 17.8. The SMILES string of the molecule is O=C(NCCSCc1ccccc1)C1CCCN1S(=O)(=O)c1ccc(Cl)cc1. The van der Waals surface area contributed by atoms with Crippen molar-refractivity contribution < 1.29 is 13.2 Å². The van der Waals surface area contributed by atoms with Crippen molar-refractivity contribution in [3.63, 3.8) is 0 Å². The van der Waals surface area contributed by atoms with Crippen LogP contribution in [0.4, 0.5) is 0 Å². The summed E-state index contributed by atoms with van der Waals surface area (Å²) in [5.41, 5.74) is 1.25. The number of hydrogen-bond acceptors (Lipinski definition) is 4. The van der Waals surface area contributed by atoms with Gasteiger partial charge in [-0.3, -0.25) is 4.79 Å². The standard InChI is InChI=1S/C20H23ClN2O3S2/c21-17-8-10-18(11-9-17)28(25,26)23-13-4-7-19(23)20(24)22-12-14-27-15-16-5-2-1-3-6-16/h1-3,5-6,8-11,19H,4,7,12-15H2,(H,22,24). The lowest BCUT2D eigenvalue weighted by molar-refractivity contribution is -0.124. The Labute approximate surface area is 175 Å². The molecule has 1 aliphatic rings. The van der Waals surface area contributed by atoms with Gasteiger partial charge < -0.3 is 5.32 Å². The number of nitrogens with zero attached hydrogens (tertiary/aromatic N) is 1. The van der Waals surface area contributed by atoms with Gasteiger partial charge in [-0.15, -0.1) is 0 Å². The molecular weight excluding hydrogens is 416 g/mol. The van der Waals surface area contributed by atoms with Crippen molar-refractivity contribution in [2.45, 2.75) is 29.5 Å². The van der Waals surface area contributed by atoms with Gasteiger partial charge in [-0.2, -0.15) is 16.1 Å². The zero-order chi connectivity index (χ0) is 20.0. The largest absolute Gasteiger partial charge is 0.354 e. The first-order valence-corrected chi connectivity index (χ1v) is 12.1.